The third-order valence-corrected chi connectivity index (χ3v) is 4.26. The van der Waals surface area contributed by atoms with Crippen LogP contribution >= 0.6 is 0 Å². The first-order chi connectivity index (χ1) is 9.30. The van der Waals surface area contributed by atoms with Crippen molar-refractivity contribution in [3.8, 4) is 0 Å². The lowest BCUT2D eigenvalue weighted by atomic mass is 9.77. The molecule has 1 aromatic carbocycles. The van der Waals surface area contributed by atoms with Crippen LogP contribution in [0.1, 0.15) is 49.8 Å². The van der Waals surface area contributed by atoms with Gasteiger partial charge in [-0.3, -0.25) is 0 Å². The van der Waals surface area contributed by atoms with Crippen LogP contribution in [0.4, 0.5) is 17.6 Å². The summed E-state index contributed by atoms with van der Waals surface area (Å²) in [5.74, 6) is -0.542. The van der Waals surface area contributed by atoms with Crippen molar-refractivity contribution in [3.63, 3.8) is 0 Å². The van der Waals surface area contributed by atoms with Gasteiger partial charge in [0.25, 0.3) is 0 Å². The molecule has 1 atom stereocenters. The molecule has 1 saturated carbocycles. The second-order valence-corrected chi connectivity index (χ2v) is 5.75. The van der Waals surface area contributed by atoms with Gasteiger partial charge in [-0.05, 0) is 30.7 Å². The number of hydrogen-bond donors (Lipinski definition) is 1. The first-order valence-electron chi connectivity index (χ1n) is 6.92. The van der Waals surface area contributed by atoms with Gasteiger partial charge in [0.15, 0.2) is 0 Å². The molecule has 1 aromatic rings. The van der Waals surface area contributed by atoms with E-state index in [1.54, 1.807) is 0 Å². The molecule has 0 saturated heterocycles. The van der Waals surface area contributed by atoms with E-state index in [0.29, 0.717) is 5.92 Å². The third kappa shape index (κ3) is 3.14. The van der Waals surface area contributed by atoms with Crippen LogP contribution in [0.5, 0.6) is 0 Å². The van der Waals surface area contributed by atoms with Crippen molar-refractivity contribution in [3.05, 3.63) is 35.1 Å². The standard InChI is InChI=1S/C15H19F4N/c1-9-5-7-10(8-6-9)14(20)11-3-2-4-12(13(11)16)15(17,18)19/h2-4,9-10,14H,5-8,20H2,1H3. The Morgan fingerprint density at radius 2 is 1.75 bits per heavy atom. The van der Waals surface area contributed by atoms with Crippen LogP contribution in [-0.4, -0.2) is 0 Å². The van der Waals surface area contributed by atoms with E-state index in [-0.39, 0.29) is 11.5 Å². The predicted octanol–water partition coefficient (Wildman–Crippen LogP) is 4.67. The summed E-state index contributed by atoms with van der Waals surface area (Å²) in [7, 11) is 0. The molecule has 0 aliphatic heterocycles. The molecule has 1 aliphatic carbocycles. The average molecular weight is 289 g/mol. The molecule has 2 rings (SSSR count). The van der Waals surface area contributed by atoms with Crippen molar-refractivity contribution in [1.29, 1.82) is 0 Å². The van der Waals surface area contributed by atoms with Gasteiger partial charge >= 0.3 is 6.18 Å². The molecule has 0 amide bonds. The van der Waals surface area contributed by atoms with Gasteiger partial charge in [-0.1, -0.05) is 31.9 Å². The maximum absolute atomic E-state index is 14.1. The van der Waals surface area contributed by atoms with Crippen molar-refractivity contribution in [2.75, 3.05) is 0 Å². The Hall–Kier alpha value is -1.10. The summed E-state index contributed by atoms with van der Waals surface area (Å²) in [6, 6.07) is 2.69. The molecule has 5 heteroatoms. The minimum absolute atomic E-state index is 0.0145. The highest BCUT2D eigenvalue weighted by Gasteiger charge is 2.36. The number of hydrogen-bond acceptors (Lipinski definition) is 1. The lowest BCUT2D eigenvalue weighted by molar-refractivity contribution is -0.140. The number of alkyl halides is 3. The molecule has 1 nitrogen and oxygen atoms in total. The number of rotatable bonds is 2. The van der Waals surface area contributed by atoms with Crippen LogP contribution in [0.3, 0.4) is 0 Å². The molecular weight excluding hydrogens is 270 g/mol. The lowest BCUT2D eigenvalue weighted by Crippen LogP contribution is -2.27. The van der Waals surface area contributed by atoms with Crippen LogP contribution in [0, 0.1) is 17.7 Å². The van der Waals surface area contributed by atoms with Gasteiger partial charge in [-0.2, -0.15) is 13.2 Å². The van der Waals surface area contributed by atoms with E-state index in [0.717, 1.165) is 31.7 Å². The minimum atomic E-state index is -4.68. The fraction of sp³-hybridized carbons (Fsp3) is 0.600. The second kappa shape index (κ2) is 5.72. The first kappa shape index (κ1) is 15.3. The molecule has 0 radical (unpaired) electrons. The highest BCUT2D eigenvalue weighted by Crippen LogP contribution is 2.39. The molecule has 2 N–H and O–H groups in total. The van der Waals surface area contributed by atoms with Gasteiger partial charge in [-0.25, -0.2) is 4.39 Å². The second-order valence-electron chi connectivity index (χ2n) is 5.75. The van der Waals surface area contributed by atoms with E-state index in [1.165, 1.54) is 12.1 Å². The van der Waals surface area contributed by atoms with Crippen LogP contribution in [0.2, 0.25) is 0 Å². The summed E-state index contributed by atoms with van der Waals surface area (Å²) in [4.78, 5) is 0. The van der Waals surface area contributed by atoms with Crippen molar-refractivity contribution in [1.82, 2.24) is 0 Å². The molecule has 0 bridgehead atoms. The van der Waals surface area contributed by atoms with E-state index >= 15 is 0 Å². The van der Waals surface area contributed by atoms with Crippen LogP contribution in [0.15, 0.2) is 18.2 Å². The zero-order chi connectivity index (χ0) is 14.9. The lowest BCUT2D eigenvalue weighted by Gasteiger charge is -2.31. The highest BCUT2D eigenvalue weighted by molar-refractivity contribution is 5.30. The van der Waals surface area contributed by atoms with Crippen molar-refractivity contribution in [2.24, 2.45) is 17.6 Å². The SMILES string of the molecule is CC1CCC(C(N)c2cccc(C(F)(F)F)c2F)CC1. The predicted molar refractivity (Wildman–Crippen MR) is 69.5 cm³/mol. The largest absolute Gasteiger partial charge is 0.419 e. The summed E-state index contributed by atoms with van der Waals surface area (Å²) < 4.78 is 52.2. The molecule has 1 fully saturated rings. The summed E-state index contributed by atoms with van der Waals surface area (Å²) in [5.41, 5.74) is 4.78. The van der Waals surface area contributed by atoms with Crippen LogP contribution in [-0.2, 0) is 6.18 Å². The van der Waals surface area contributed by atoms with E-state index in [4.69, 9.17) is 5.73 Å². The normalized spacial score (nSPS) is 25.5. The molecule has 0 heterocycles. The summed E-state index contributed by atoms with van der Waals surface area (Å²) in [6.07, 6.45) is -0.991. The summed E-state index contributed by atoms with van der Waals surface area (Å²) >= 11 is 0. The van der Waals surface area contributed by atoms with Gasteiger partial charge in [0.2, 0.25) is 0 Å². The first-order valence-corrected chi connectivity index (χ1v) is 6.92. The molecule has 1 unspecified atom stereocenters. The topological polar surface area (TPSA) is 26.0 Å². The monoisotopic (exact) mass is 289 g/mol. The molecule has 0 aromatic heterocycles. The van der Waals surface area contributed by atoms with Gasteiger partial charge in [0, 0.05) is 11.6 Å². The highest BCUT2D eigenvalue weighted by atomic mass is 19.4. The number of nitrogens with two attached hydrogens (primary N) is 1. The number of halogens is 4. The summed E-state index contributed by atoms with van der Waals surface area (Å²) in [5, 5.41) is 0. The molecular formula is C15H19F4N. The summed E-state index contributed by atoms with van der Waals surface area (Å²) in [6.45, 7) is 2.15. The Balaban J connectivity index is 2.24. The Kier molecular flexibility index (Phi) is 4.37. The zero-order valence-corrected chi connectivity index (χ0v) is 11.4. The van der Waals surface area contributed by atoms with Crippen molar-refractivity contribution in [2.45, 2.75) is 44.8 Å². The Morgan fingerprint density at radius 1 is 1.15 bits per heavy atom. The molecule has 1 aliphatic rings. The fourth-order valence-corrected chi connectivity index (χ4v) is 2.93. The molecule has 0 spiro atoms. The Bertz CT molecular complexity index is 461. The van der Waals surface area contributed by atoms with Crippen molar-refractivity contribution >= 4 is 0 Å². The average Bonchev–Trinajstić information content (AvgIpc) is 2.37. The Labute approximate surface area is 116 Å². The Morgan fingerprint density at radius 3 is 2.30 bits per heavy atom. The quantitative estimate of drug-likeness (QED) is 0.787. The maximum atomic E-state index is 14.1. The maximum Gasteiger partial charge on any atom is 0.419 e. The zero-order valence-electron chi connectivity index (χ0n) is 11.4. The van der Waals surface area contributed by atoms with Crippen LogP contribution < -0.4 is 5.73 Å². The molecule has 112 valence electrons. The van der Waals surface area contributed by atoms with E-state index in [1.807, 2.05) is 0 Å². The number of benzene rings is 1. The van der Waals surface area contributed by atoms with Crippen molar-refractivity contribution < 1.29 is 17.6 Å². The van der Waals surface area contributed by atoms with Crippen LogP contribution in [0.25, 0.3) is 0 Å². The third-order valence-electron chi connectivity index (χ3n) is 4.26. The fourth-order valence-electron chi connectivity index (χ4n) is 2.93. The van der Waals surface area contributed by atoms with Gasteiger partial charge < -0.3 is 5.73 Å². The van der Waals surface area contributed by atoms with E-state index in [9.17, 15) is 17.6 Å². The van der Waals surface area contributed by atoms with E-state index < -0.39 is 23.6 Å². The molecule has 20 heavy (non-hydrogen) atoms. The smallest absolute Gasteiger partial charge is 0.324 e. The van der Waals surface area contributed by atoms with Gasteiger partial charge in [0.1, 0.15) is 5.82 Å². The van der Waals surface area contributed by atoms with Gasteiger partial charge in [0.05, 0.1) is 5.56 Å². The minimum Gasteiger partial charge on any atom is -0.324 e. The van der Waals surface area contributed by atoms with Gasteiger partial charge in [-0.15, -0.1) is 0 Å². The van der Waals surface area contributed by atoms with E-state index in [2.05, 4.69) is 6.92 Å².